The Morgan fingerprint density at radius 2 is 1.79 bits per heavy atom. The number of carbonyl (C=O) groups is 1. The summed E-state index contributed by atoms with van der Waals surface area (Å²) in [6.45, 7) is 1.22. The molecule has 0 radical (unpaired) electrons. The first-order valence-electron chi connectivity index (χ1n) is 9.32. The summed E-state index contributed by atoms with van der Waals surface area (Å²) in [7, 11) is -4.22. The average molecular weight is 441 g/mol. The monoisotopic (exact) mass is 440 g/mol. The molecule has 0 amide bonds. The van der Waals surface area contributed by atoms with E-state index in [1.54, 1.807) is 0 Å². The highest BCUT2D eigenvalue weighted by molar-refractivity contribution is 7.92. The maximum atomic E-state index is 15.1. The second-order valence-corrected chi connectivity index (χ2v) is 10.3. The molecule has 1 aliphatic heterocycles. The van der Waals surface area contributed by atoms with E-state index in [1.165, 1.54) is 31.2 Å². The summed E-state index contributed by atoms with van der Waals surface area (Å²) in [6, 6.07) is 7.42. The molecule has 154 valence electrons. The van der Waals surface area contributed by atoms with Gasteiger partial charge in [-0.15, -0.1) is 0 Å². The second-order valence-electron chi connectivity index (χ2n) is 7.61. The van der Waals surface area contributed by atoms with Crippen molar-refractivity contribution >= 4 is 27.2 Å². The molecule has 3 atom stereocenters. The molecule has 0 saturated heterocycles. The zero-order chi connectivity index (χ0) is 21.0. The van der Waals surface area contributed by atoms with Crippen LogP contribution in [0.25, 0.3) is 0 Å². The Hall–Kier alpha value is -1.99. The average Bonchev–Trinajstić information content (AvgIpc) is 2.69. The molecule has 0 spiro atoms. The van der Waals surface area contributed by atoms with E-state index in [2.05, 4.69) is 0 Å². The molecule has 4 rings (SSSR count). The smallest absolute Gasteiger partial charge is 0.188 e. The number of benzene rings is 2. The molecule has 1 fully saturated rings. The molecule has 0 bridgehead atoms. The van der Waals surface area contributed by atoms with Crippen molar-refractivity contribution in [3.63, 3.8) is 0 Å². The second kappa shape index (κ2) is 7.06. The molecule has 29 heavy (non-hydrogen) atoms. The summed E-state index contributed by atoms with van der Waals surface area (Å²) >= 11 is 5.91. The molecule has 0 aromatic heterocycles. The third kappa shape index (κ3) is 2.89. The number of fused-ring (bicyclic) bond motifs is 3. The van der Waals surface area contributed by atoms with Crippen LogP contribution in [0.1, 0.15) is 31.7 Å². The van der Waals surface area contributed by atoms with Gasteiger partial charge >= 0.3 is 0 Å². The van der Waals surface area contributed by atoms with E-state index in [9.17, 15) is 17.6 Å². The SMILES string of the molecule is CC(=O)[C@@H]1CCC[C@@]2(S(=O)(=O)c3ccc(Cl)cc3)c3c(F)ccc(F)c3OC[C@@H]12. The van der Waals surface area contributed by atoms with Crippen LogP contribution in [0.2, 0.25) is 5.02 Å². The fourth-order valence-electron chi connectivity index (χ4n) is 4.88. The number of ether oxygens (including phenoxy) is 1. The first kappa shape index (κ1) is 20.3. The van der Waals surface area contributed by atoms with Crippen molar-refractivity contribution in [2.45, 2.75) is 35.8 Å². The predicted octanol–water partition coefficient (Wildman–Crippen LogP) is 4.69. The first-order valence-corrected chi connectivity index (χ1v) is 11.2. The number of ketones is 1. The van der Waals surface area contributed by atoms with Gasteiger partial charge in [-0.1, -0.05) is 18.0 Å². The number of sulfone groups is 1. The summed E-state index contributed by atoms with van der Waals surface area (Å²) in [5.74, 6) is -3.69. The van der Waals surface area contributed by atoms with E-state index in [-0.39, 0.29) is 35.0 Å². The summed E-state index contributed by atoms with van der Waals surface area (Å²) < 4.78 is 61.2. The van der Waals surface area contributed by atoms with Crippen molar-refractivity contribution in [3.8, 4) is 5.75 Å². The van der Waals surface area contributed by atoms with Crippen molar-refractivity contribution in [1.29, 1.82) is 0 Å². The normalized spacial score (nSPS) is 26.2. The van der Waals surface area contributed by atoms with Crippen molar-refractivity contribution < 1.29 is 26.7 Å². The minimum atomic E-state index is -4.22. The quantitative estimate of drug-likeness (QED) is 0.695. The lowest BCUT2D eigenvalue weighted by Crippen LogP contribution is -2.55. The Morgan fingerprint density at radius 3 is 2.45 bits per heavy atom. The van der Waals surface area contributed by atoms with Crippen LogP contribution in [0.4, 0.5) is 8.78 Å². The van der Waals surface area contributed by atoms with Gasteiger partial charge in [-0.05, 0) is 56.2 Å². The van der Waals surface area contributed by atoms with E-state index in [0.29, 0.717) is 17.9 Å². The molecule has 4 nitrogen and oxygen atoms in total. The molecular weight excluding hydrogens is 422 g/mol. The molecule has 2 aromatic carbocycles. The van der Waals surface area contributed by atoms with Crippen LogP contribution >= 0.6 is 11.6 Å². The van der Waals surface area contributed by atoms with Crippen LogP contribution in [0.3, 0.4) is 0 Å². The Balaban J connectivity index is 2.05. The molecule has 1 heterocycles. The molecule has 0 N–H and O–H groups in total. The van der Waals surface area contributed by atoms with Gasteiger partial charge in [-0.25, -0.2) is 17.2 Å². The number of rotatable bonds is 3. The maximum absolute atomic E-state index is 15.1. The van der Waals surface area contributed by atoms with Gasteiger partial charge in [0.05, 0.1) is 17.1 Å². The minimum Gasteiger partial charge on any atom is -0.490 e. The third-order valence-corrected chi connectivity index (χ3v) is 8.98. The summed E-state index contributed by atoms with van der Waals surface area (Å²) in [4.78, 5) is 12.3. The van der Waals surface area contributed by atoms with E-state index < -0.39 is 38.1 Å². The van der Waals surface area contributed by atoms with Crippen LogP contribution in [-0.4, -0.2) is 20.8 Å². The summed E-state index contributed by atoms with van der Waals surface area (Å²) in [5, 5.41) is 0.354. The zero-order valence-corrected chi connectivity index (χ0v) is 17.2. The maximum Gasteiger partial charge on any atom is 0.188 e. The summed E-state index contributed by atoms with van der Waals surface area (Å²) in [6.07, 6.45) is 0.944. The number of halogens is 3. The first-order chi connectivity index (χ1) is 13.7. The summed E-state index contributed by atoms with van der Waals surface area (Å²) in [5.41, 5.74) is -0.311. The fraction of sp³-hybridized carbons (Fsp3) is 0.381. The lowest BCUT2D eigenvalue weighted by Gasteiger charge is -2.49. The van der Waals surface area contributed by atoms with Crippen LogP contribution in [0.5, 0.6) is 5.75 Å². The van der Waals surface area contributed by atoms with Gasteiger partial charge in [0, 0.05) is 16.9 Å². The number of carbonyl (C=O) groups excluding carboxylic acids is 1. The van der Waals surface area contributed by atoms with Gasteiger partial charge in [0.15, 0.2) is 21.4 Å². The van der Waals surface area contributed by atoms with Gasteiger partial charge in [0.25, 0.3) is 0 Å². The number of hydrogen-bond donors (Lipinski definition) is 0. The van der Waals surface area contributed by atoms with Crippen LogP contribution < -0.4 is 4.74 Å². The zero-order valence-electron chi connectivity index (χ0n) is 15.6. The van der Waals surface area contributed by atoms with Gasteiger partial charge in [0.2, 0.25) is 0 Å². The molecule has 0 unspecified atom stereocenters. The van der Waals surface area contributed by atoms with Gasteiger partial charge in [-0.2, -0.15) is 0 Å². The minimum absolute atomic E-state index is 0.0485. The number of Topliss-reactive ketones (excluding diaryl/α,β-unsaturated/α-hetero) is 1. The van der Waals surface area contributed by atoms with Crippen LogP contribution in [0, 0.1) is 23.5 Å². The Bertz CT molecular complexity index is 1080. The lowest BCUT2D eigenvalue weighted by atomic mass is 9.66. The Kier molecular flexibility index (Phi) is 4.94. The fourth-order valence-corrected chi connectivity index (χ4v) is 7.42. The molecule has 1 aliphatic carbocycles. The molecule has 1 saturated carbocycles. The van der Waals surface area contributed by atoms with Crippen LogP contribution in [-0.2, 0) is 19.4 Å². The molecule has 8 heteroatoms. The largest absolute Gasteiger partial charge is 0.490 e. The predicted molar refractivity (Wildman–Crippen MR) is 104 cm³/mol. The Labute approximate surface area is 172 Å². The molecular formula is C21H19ClF2O4S. The standard InChI is InChI=1S/C21H19ClF2O4S/c1-12(25)15-3-2-10-21(29(26,27)14-6-4-13(22)5-7-14)16(15)11-28-20-18(24)9-8-17(23)19(20)21/h4-9,15-16H,2-3,10-11H2,1H3/t15-,16-,21-/m0/s1. The van der Waals surface area contributed by atoms with Crippen molar-refractivity contribution in [2.75, 3.05) is 6.61 Å². The van der Waals surface area contributed by atoms with Crippen LogP contribution in [0.15, 0.2) is 41.3 Å². The van der Waals surface area contributed by atoms with Crippen molar-refractivity contribution in [1.82, 2.24) is 0 Å². The van der Waals surface area contributed by atoms with Gasteiger partial charge < -0.3 is 4.74 Å². The van der Waals surface area contributed by atoms with E-state index in [4.69, 9.17) is 16.3 Å². The Morgan fingerprint density at radius 1 is 1.14 bits per heavy atom. The topological polar surface area (TPSA) is 60.4 Å². The van der Waals surface area contributed by atoms with Crippen molar-refractivity contribution in [2.24, 2.45) is 11.8 Å². The highest BCUT2D eigenvalue weighted by Gasteiger charge is 2.61. The third-order valence-electron chi connectivity index (χ3n) is 6.16. The number of hydrogen-bond acceptors (Lipinski definition) is 4. The van der Waals surface area contributed by atoms with Gasteiger partial charge in [-0.3, -0.25) is 4.79 Å². The highest BCUT2D eigenvalue weighted by Crippen LogP contribution is 2.58. The lowest BCUT2D eigenvalue weighted by molar-refractivity contribution is -0.125. The van der Waals surface area contributed by atoms with E-state index in [0.717, 1.165) is 12.1 Å². The van der Waals surface area contributed by atoms with E-state index >= 15 is 4.39 Å². The molecule has 2 aromatic rings. The van der Waals surface area contributed by atoms with E-state index in [1.807, 2.05) is 0 Å². The molecule has 2 aliphatic rings. The highest BCUT2D eigenvalue weighted by atomic mass is 35.5. The van der Waals surface area contributed by atoms with Gasteiger partial charge in [0.1, 0.15) is 16.3 Å². The van der Waals surface area contributed by atoms with Crippen molar-refractivity contribution in [3.05, 3.63) is 58.6 Å².